The molecule has 0 radical (unpaired) electrons. The lowest BCUT2D eigenvalue weighted by Crippen LogP contribution is -2.15. The largest absolute Gasteiger partial charge is 0.394 e. The van der Waals surface area contributed by atoms with Gasteiger partial charge in [-0.2, -0.15) is 0 Å². The third kappa shape index (κ3) is 3.15. The van der Waals surface area contributed by atoms with Crippen molar-refractivity contribution in [1.29, 1.82) is 0 Å². The normalized spacial score (nSPS) is 12.2. The zero-order chi connectivity index (χ0) is 13.0. The van der Waals surface area contributed by atoms with E-state index in [1.54, 1.807) is 18.2 Å². The molecule has 0 spiro atoms. The third-order valence-electron chi connectivity index (χ3n) is 2.38. The summed E-state index contributed by atoms with van der Waals surface area (Å²) < 4.78 is 13.1. The Balaban J connectivity index is 2.19. The van der Waals surface area contributed by atoms with Crippen molar-refractivity contribution < 1.29 is 9.50 Å². The van der Waals surface area contributed by atoms with Gasteiger partial charge < -0.3 is 10.4 Å². The third-order valence-corrected chi connectivity index (χ3v) is 2.56. The molecule has 18 heavy (non-hydrogen) atoms. The van der Waals surface area contributed by atoms with Crippen LogP contribution in [-0.2, 0) is 0 Å². The minimum absolute atomic E-state index is 0.107. The van der Waals surface area contributed by atoms with Crippen molar-refractivity contribution in [2.24, 2.45) is 0 Å². The lowest BCUT2D eigenvalue weighted by molar-refractivity contribution is 0.276. The molecular formula is C12H11ClFN3O. The van der Waals surface area contributed by atoms with Gasteiger partial charge in [0.05, 0.1) is 12.6 Å². The molecule has 1 atom stereocenters. The molecule has 0 bridgehead atoms. The van der Waals surface area contributed by atoms with Gasteiger partial charge in [0.2, 0.25) is 5.28 Å². The van der Waals surface area contributed by atoms with E-state index in [0.717, 1.165) is 0 Å². The zero-order valence-corrected chi connectivity index (χ0v) is 10.1. The van der Waals surface area contributed by atoms with Crippen LogP contribution in [0.1, 0.15) is 11.6 Å². The predicted molar refractivity (Wildman–Crippen MR) is 66.9 cm³/mol. The van der Waals surface area contributed by atoms with E-state index in [2.05, 4.69) is 15.3 Å². The second-order valence-electron chi connectivity index (χ2n) is 3.65. The van der Waals surface area contributed by atoms with Crippen molar-refractivity contribution in [3.63, 3.8) is 0 Å². The van der Waals surface area contributed by atoms with Crippen molar-refractivity contribution in [2.75, 3.05) is 11.9 Å². The van der Waals surface area contributed by atoms with Crippen LogP contribution < -0.4 is 5.32 Å². The summed E-state index contributed by atoms with van der Waals surface area (Å²) in [6.45, 7) is -0.189. The molecule has 2 aromatic rings. The van der Waals surface area contributed by atoms with Gasteiger partial charge in [0.15, 0.2) is 0 Å². The minimum Gasteiger partial charge on any atom is -0.394 e. The highest BCUT2D eigenvalue weighted by atomic mass is 35.5. The van der Waals surface area contributed by atoms with Crippen LogP contribution in [0.2, 0.25) is 5.28 Å². The van der Waals surface area contributed by atoms with Crippen LogP contribution in [0.4, 0.5) is 10.2 Å². The average molecular weight is 268 g/mol. The lowest BCUT2D eigenvalue weighted by atomic mass is 10.1. The maximum Gasteiger partial charge on any atom is 0.224 e. The summed E-state index contributed by atoms with van der Waals surface area (Å²) in [7, 11) is 0. The molecular weight excluding hydrogens is 257 g/mol. The Hall–Kier alpha value is -1.72. The molecule has 0 aliphatic carbocycles. The Labute approximate surface area is 108 Å². The number of hydrogen-bond donors (Lipinski definition) is 2. The molecule has 0 saturated carbocycles. The SMILES string of the molecule is OCC(Nc1ccnc(Cl)n1)c1cccc(F)c1. The Kier molecular flexibility index (Phi) is 4.07. The molecule has 1 aromatic carbocycles. The van der Waals surface area contributed by atoms with E-state index in [4.69, 9.17) is 11.6 Å². The van der Waals surface area contributed by atoms with Crippen LogP contribution in [0, 0.1) is 5.82 Å². The van der Waals surface area contributed by atoms with Crippen LogP contribution in [0.3, 0.4) is 0 Å². The standard InChI is InChI=1S/C12H11ClFN3O/c13-12-15-5-4-11(17-12)16-10(7-18)8-2-1-3-9(14)6-8/h1-6,10,18H,7H2,(H,15,16,17). The van der Waals surface area contributed by atoms with Crippen molar-refractivity contribution in [3.05, 3.63) is 53.2 Å². The smallest absolute Gasteiger partial charge is 0.224 e. The van der Waals surface area contributed by atoms with E-state index in [-0.39, 0.29) is 17.7 Å². The van der Waals surface area contributed by atoms with Gasteiger partial charge in [0.25, 0.3) is 0 Å². The quantitative estimate of drug-likeness (QED) is 0.836. The number of rotatable bonds is 4. The average Bonchev–Trinajstić information content (AvgIpc) is 2.36. The molecule has 94 valence electrons. The number of aliphatic hydroxyl groups is 1. The molecule has 0 amide bonds. The molecule has 0 aliphatic heterocycles. The maximum absolute atomic E-state index is 13.1. The summed E-state index contributed by atoms with van der Waals surface area (Å²) in [6.07, 6.45) is 1.50. The Morgan fingerprint density at radius 1 is 1.39 bits per heavy atom. The molecule has 0 fully saturated rings. The van der Waals surface area contributed by atoms with Gasteiger partial charge in [-0.25, -0.2) is 14.4 Å². The first-order chi connectivity index (χ1) is 8.69. The maximum atomic E-state index is 13.1. The molecule has 1 heterocycles. The number of benzene rings is 1. The number of halogens is 2. The molecule has 4 nitrogen and oxygen atoms in total. The van der Waals surface area contributed by atoms with Crippen molar-refractivity contribution >= 4 is 17.4 Å². The molecule has 6 heteroatoms. The fourth-order valence-electron chi connectivity index (χ4n) is 1.55. The van der Waals surface area contributed by atoms with Gasteiger partial charge in [0.1, 0.15) is 11.6 Å². The van der Waals surface area contributed by atoms with Gasteiger partial charge >= 0.3 is 0 Å². The van der Waals surface area contributed by atoms with E-state index >= 15 is 0 Å². The Bertz CT molecular complexity index is 538. The Morgan fingerprint density at radius 3 is 2.89 bits per heavy atom. The first-order valence-corrected chi connectivity index (χ1v) is 5.68. The topological polar surface area (TPSA) is 58.0 Å². The van der Waals surface area contributed by atoms with Crippen LogP contribution >= 0.6 is 11.6 Å². The summed E-state index contributed by atoms with van der Waals surface area (Å²) in [5.74, 6) is 0.117. The second-order valence-corrected chi connectivity index (χ2v) is 3.98. The highest BCUT2D eigenvalue weighted by Crippen LogP contribution is 2.19. The van der Waals surface area contributed by atoms with Crippen LogP contribution in [0.5, 0.6) is 0 Å². The van der Waals surface area contributed by atoms with Crippen LogP contribution in [0.25, 0.3) is 0 Å². The van der Waals surface area contributed by atoms with Crippen molar-refractivity contribution in [1.82, 2.24) is 9.97 Å². The van der Waals surface area contributed by atoms with E-state index < -0.39 is 6.04 Å². The van der Waals surface area contributed by atoms with Gasteiger partial charge in [-0.3, -0.25) is 0 Å². The first-order valence-electron chi connectivity index (χ1n) is 5.30. The monoisotopic (exact) mass is 267 g/mol. The fourth-order valence-corrected chi connectivity index (χ4v) is 1.70. The molecule has 2 N–H and O–H groups in total. The van der Waals surface area contributed by atoms with Gasteiger partial charge in [-0.15, -0.1) is 0 Å². The fraction of sp³-hybridized carbons (Fsp3) is 0.167. The van der Waals surface area contributed by atoms with Crippen LogP contribution in [-0.4, -0.2) is 21.7 Å². The first kappa shape index (κ1) is 12.7. The minimum atomic E-state index is -0.452. The van der Waals surface area contributed by atoms with E-state index in [0.29, 0.717) is 11.4 Å². The highest BCUT2D eigenvalue weighted by Gasteiger charge is 2.11. The number of aliphatic hydroxyl groups excluding tert-OH is 1. The van der Waals surface area contributed by atoms with E-state index in [1.807, 2.05) is 0 Å². The summed E-state index contributed by atoms with van der Waals surface area (Å²) in [5.41, 5.74) is 0.632. The summed E-state index contributed by atoms with van der Waals surface area (Å²) in [6, 6.07) is 7.18. The molecule has 1 aromatic heterocycles. The molecule has 1 unspecified atom stereocenters. The van der Waals surface area contributed by atoms with Gasteiger partial charge in [-0.05, 0) is 35.4 Å². The van der Waals surface area contributed by atoms with Crippen molar-refractivity contribution in [2.45, 2.75) is 6.04 Å². The number of nitrogens with one attached hydrogen (secondary N) is 1. The van der Waals surface area contributed by atoms with Crippen LogP contribution in [0.15, 0.2) is 36.5 Å². The van der Waals surface area contributed by atoms with E-state index in [1.165, 1.54) is 18.3 Å². The van der Waals surface area contributed by atoms with Gasteiger partial charge in [-0.1, -0.05) is 12.1 Å². The van der Waals surface area contributed by atoms with Gasteiger partial charge in [0, 0.05) is 6.20 Å². The lowest BCUT2D eigenvalue weighted by Gasteiger charge is -2.17. The number of nitrogens with zero attached hydrogens (tertiary/aromatic N) is 2. The summed E-state index contributed by atoms with van der Waals surface area (Å²) >= 11 is 5.66. The number of aromatic nitrogens is 2. The summed E-state index contributed by atoms with van der Waals surface area (Å²) in [5, 5.41) is 12.4. The highest BCUT2D eigenvalue weighted by molar-refractivity contribution is 6.28. The predicted octanol–water partition coefficient (Wildman–Crippen LogP) is 2.41. The second kappa shape index (κ2) is 5.75. The van der Waals surface area contributed by atoms with Crippen molar-refractivity contribution in [3.8, 4) is 0 Å². The molecule has 0 aliphatic rings. The number of anilines is 1. The van der Waals surface area contributed by atoms with E-state index in [9.17, 15) is 9.50 Å². The number of hydrogen-bond acceptors (Lipinski definition) is 4. The Morgan fingerprint density at radius 2 is 2.22 bits per heavy atom. The molecule has 2 rings (SSSR count). The summed E-state index contributed by atoms with van der Waals surface area (Å²) in [4.78, 5) is 7.70. The zero-order valence-electron chi connectivity index (χ0n) is 9.35. The molecule has 0 saturated heterocycles.